The fourth-order valence-electron chi connectivity index (χ4n) is 2.57. The van der Waals surface area contributed by atoms with Gasteiger partial charge in [-0.05, 0) is 23.3 Å². The maximum Gasteiger partial charge on any atom is 0.231 e. The van der Waals surface area contributed by atoms with Gasteiger partial charge in [-0.2, -0.15) is 5.10 Å². The Bertz CT molecular complexity index is 955. The van der Waals surface area contributed by atoms with Gasteiger partial charge in [0.15, 0.2) is 5.17 Å². The first-order valence-electron chi connectivity index (χ1n) is 8.41. The highest BCUT2D eigenvalue weighted by Crippen LogP contribution is 2.22. The largest absolute Gasteiger partial charge is 0.274 e. The van der Waals surface area contributed by atoms with Crippen molar-refractivity contribution in [2.24, 2.45) is 10.1 Å². The van der Waals surface area contributed by atoms with Crippen molar-refractivity contribution >= 4 is 38.4 Å². The Morgan fingerprint density at radius 1 is 1.15 bits per heavy atom. The summed E-state index contributed by atoms with van der Waals surface area (Å²) in [5.41, 5.74) is 3.71. The van der Waals surface area contributed by atoms with Crippen LogP contribution in [0.1, 0.15) is 11.1 Å². The van der Waals surface area contributed by atoms with Crippen LogP contribution in [0.2, 0.25) is 0 Å². The molecule has 1 aliphatic rings. The van der Waals surface area contributed by atoms with E-state index < -0.39 is 10.0 Å². The monoisotopic (exact) mass is 402 g/mol. The predicted molar refractivity (Wildman–Crippen MR) is 114 cm³/mol. The third-order valence-electron chi connectivity index (χ3n) is 4.19. The van der Waals surface area contributed by atoms with E-state index in [1.54, 1.807) is 36.0 Å². The number of amidine groups is 1. The fourth-order valence-corrected chi connectivity index (χ4v) is 3.94. The summed E-state index contributed by atoms with van der Waals surface area (Å²) >= 11 is 1.65. The maximum atomic E-state index is 11.6. The quantitative estimate of drug-likeness (QED) is 0.771. The minimum absolute atomic E-state index is 0.628. The predicted octanol–water partition coefficient (Wildman–Crippen LogP) is 3.02. The van der Waals surface area contributed by atoms with Crippen molar-refractivity contribution in [2.45, 2.75) is 6.54 Å². The molecule has 0 radical (unpaired) electrons. The van der Waals surface area contributed by atoms with E-state index in [2.05, 4.69) is 22.2 Å². The Kier molecular flexibility index (Phi) is 5.86. The smallest absolute Gasteiger partial charge is 0.231 e. The number of hydrogen-bond acceptors (Lipinski definition) is 5. The number of nitrogens with zero attached hydrogens (tertiary/aromatic N) is 4. The normalized spacial score (nSPS) is 16.3. The van der Waals surface area contributed by atoms with Gasteiger partial charge in [0, 0.05) is 19.8 Å². The maximum absolute atomic E-state index is 11.6. The minimum atomic E-state index is -3.26. The summed E-state index contributed by atoms with van der Waals surface area (Å²) in [6.45, 7) is 0.630. The van der Waals surface area contributed by atoms with E-state index in [1.807, 2.05) is 37.4 Å². The Balaban J connectivity index is 1.72. The minimum Gasteiger partial charge on any atom is -0.274 e. The SMILES string of the molecule is CN1N=C(c2ccc(N(C)S(C)(=O)=O)cc2)CSC1=NCc1ccccc1. The lowest BCUT2D eigenvalue weighted by Crippen LogP contribution is -2.28. The van der Waals surface area contributed by atoms with Crippen molar-refractivity contribution in [3.8, 4) is 0 Å². The second-order valence-electron chi connectivity index (χ2n) is 6.22. The molecule has 6 nitrogen and oxygen atoms in total. The van der Waals surface area contributed by atoms with Gasteiger partial charge in [0.05, 0.1) is 24.2 Å². The number of hydrogen-bond donors (Lipinski definition) is 0. The highest BCUT2D eigenvalue weighted by atomic mass is 32.2. The Labute approximate surface area is 164 Å². The van der Waals surface area contributed by atoms with Gasteiger partial charge in [0.25, 0.3) is 0 Å². The molecule has 142 valence electrons. The molecule has 8 heteroatoms. The summed E-state index contributed by atoms with van der Waals surface area (Å²) in [6.07, 6.45) is 1.19. The third-order valence-corrected chi connectivity index (χ3v) is 6.46. The van der Waals surface area contributed by atoms with E-state index in [-0.39, 0.29) is 0 Å². The van der Waals surface area contributed by atoms with Crippen LogP contribution in [0.25, 0.3) is 0 Å². The van der Waals surface area contributed by atoms with Gasteiger partial charge >= 0.3 is 0 Å². The molecule has 1 aliphatic heterocycles. The van der Waals surface area contributed by atoms with Crippen molar-refractivity contribution in [3.05, 3.63) is 65.7 Å². The van der Waals surface area contributed by atoms with Crippen LogP contribution in [0.15, 0.2) is 64.7 Å². The highest BCUT2D eigenvalue weighted by molar-refractivity contribution is 8.14. The number of anilines is 1. The third kappa shape index (κ3) is 4.90. The van der Waals surface area contributed by atoms with Crippen LogP contribution in [0, 0.1) is 0 Å². The van der Waals surface area contributed by atoms with E-state index in [4.69, 9.17) is 0 Å². The number of benzene rings is 2. The zero-order valence-corrected chi connectivity index (χ0v) is 17.2. The van der Waals surface area contributed by atoms with E-state index >= 15 is 0 Å². The molecule has 0 spiro atoms. The van der Waals surface area contributed by atoms with Crippen LogP contribution < -0.4 is 4.31 Å². The molecule has 0 amide bonds. The van der Waals surface area contributed by atoms with Crippen LogP contribution in [0.3, 0.4) is 0 Å². The molecule has 0 fully saturated rings. The van der Waals surface area contributed by atoms with Gasteiger partial charge in [-0.25, -0.2) is 13.4 Å². The lowest BCUT2D eigenvalue weighted by atomic mass is 10.1. The first-order valence-corrected chi connectivity index (χ1v) is 11.2. The van der Waals surface area contributed by atoms with Gasteiger partial charge in [0.2, 0.25) is 10.0 Å². The van der Waals surface area contributed by atoms with Crippen LogP contribution >= 0.6 is 11.8 Å². The van der Waals surface area contributed by atoms with E-state index in [0.29, 0.717) is 12.2 Å². The van der Waals surface area contributed by atoms with Crippen molar-refractivity contribution in [3.63, 3.8) is 0 Å². The molecule has 0 aliphatic carbocycles. The van der Waals surface area contributed by atoms with Crippen molar-refractivity contribution in [1.29, 1.82) is 0 Å². The molecule has 0 aromatic heterocycles. The average Bonchev–Trinajstić information content (AvgIpc) is 2.66. The molecule has 0 unspecified atom stereocenters. The highest BCUT2D eigenvalue weighted by Gasteiger charge is 2.18. The Morgan fingerprint density at radius 2 is 1.81 bits per heavy atom. The number of thioether (sulfide) groups is 1. The van der Waals surface area contributed by atoms with Crippen LogP contribution in [-0.2, 0) is 16.6 Å². The molecule has 0 N–H and O–H groups in total. The van der Waals surface area contributed by atoms with Crippen LogP contribution in [-0.4, -0.2) is 50.4 Å². The lowest BCUT2D eigenvalue weighted by Gasteiger charge is -2.23. The number of aliphatic imine (C=N–C) groups is 1. The zero-order valence-electron chi connectivity index (χ0n) is 15.5. The molecule has 2 aromatic rings. The summed E-state index contributed by atoms with van der Waals surface area (Å²) in [4.78, 5) is 4.65. The van der Waals surface area contributed by atoms with Gasteiger partial charge in [-0.3, -0.25) is 9.30 Å². The number of sulfonamides is 1. The second kappa shape index (κ2) is 8.14. The second-order valence-corrected chi connectivity index (χ2v) is 9.18. The molecule has 0 atom stereocenters. The van der Waals surface area contributed by atoms with Crippen molar-refractivity contribution in [2.75, 3.05) is 30.4 Å². The summed E-state index contributed by atoms with van der Waals surface area (Å²) < 4.78 is 24.5. The van der Waals surface area contributed by atoms with Gasteiger partial charge in [-0.15, -0.1) is 0 Å². The topological polar surface area (TPSA) is 65.3 Å². The summed E-state index contributed by atoms with van der Waals surface area (Å²) in [7, 11) is 0.170. The fraction of sp³-hybridized carbons (Fsp3) is 0.263. The molecule has 0 saturated heterocycles. The molecule has 3 rings (SSSR count). The first-order chi connectivity index (χ1) is 12.8. The Hall–Kier alpha value is -2.32. The molecule has 0 bridgehead atoms. The van der Waals surface area contributed by atoms with E-state index in [9.17, 15) is 8.42 Å². The molecule has 2 aromatic carbocycles. The number of rotatable bonds is 5. The molecule has 1 heterocycles. The molecule has 27 heavy (non-hydrogen) atoms. The standard InChI is InChI=1S/C19H22N4O2S2/c1-22-19(20-13-15-7-5-4-6-8-15)26-14-18(21-22)16-9-11-17(12-10-16)23(2)27(3,24)25/h4-12H,13-14H2,1-3H3. The van der Waals surface area contributed by atoms with Gasteiger partial charge in [0.1, 0.15) is 0 Å². The Morgan fingerprint density at radius 3 is 2.41 bits per heavy atom. The van der Waals surface area contributed by atoms with E-state index in [0.717, 1.165) is 22.2 Å². The van der Waals surface area contributed by atoms with Gasteiger partial charge in [-0.1, -0.05) is 54.2 Å². The van der Waals surface area contributed by atoms with Crippen LogP contribution in [0.4, 0.5) is 5.69 Å². The molecular formula is C19H22N4O2S2. The first kappa shape index (κ1) is 19.4. The van der Waals surface area contributed by atoms with Gasteiger partial charge < -0.3 is 0 Å². The molecule has 0 saturated carbocycles. The number of hydrazone groups is 1. The summed E-state index contributed by atoms with van der Waals surface area (Å²) in [6, 6.07) is 17.5. The van der Waals surface area contributed by atoms with Crippen LogP contribution in [0.5, 0.6) is 0 Å². The van der Waals surface area contributed by atoms with Crippen molar-refractivity contribution in [1.82, 2.24) is 5.01 Å². The van der Waals surface area contributed by atoms with Crippen molar-refractivity contribution < 1.29 is 8.42 Å². The van der Waals surface area contributed by atoms with E-state index in [1.165, 1.54) is 16.1 Å². The molecular weight excluding hydrogens is 380 g/mol. The lowest BCUT2D eigenvalue weighted by molar-refractivity contribution is 0.550. The zero-order chi connectivity index (χ0) is 19.4. The summed E-state index contributed by atoms with van der Waals surface area (Å²) in [5.74, 6) is 0.721. The average molecular weight is 403 g/mol. The summed E-state index contributed by atoms with van der Waals surface area (Å²) in [5, 5.41) is 7.32.